The van der Waals surface area contributed by atoms with Gasteiger partial charge in [-0.2, -0.15) is 0 Å². The van der Waals surface area contributed by atoms with E-state index in [0.29, 0.717) is 12.1 Å². The lowest BCUT2D eigenvalue weighted by molar-refractivity contribution is 0.157. The minimum atomic E-state index is 0.464. The van der Waals surface area contributed by atoms with Crippen LogP contribution in [0, 0.1) is 0 Å². The molecule has 0 amide bonds. The summed E-state index contributed by atoms with van der Waals surface area (Å²) in [5, 5.41) is 3.78. The van der Waals surface area contributed by atoms with Gasteiger partial charge in [-0.25, -0.2) is 0 Å². The van der Waals surface area contributed by atoms with E-state index in [4.69, 9.17) is 4.74 Å². The van der Waals surface area contributed by atoms with Gasteiger partial charge < -0.3 is 10.1 Å². The lowest BCUT2D eigenvalue weighted by atomic mass is 9.98. The maximum absolute atomic E-state index is 5.29. The Balaban J connectivity index is 2.12. The van der Waals surface area contributed by atoms with Crippen LogP contribution >= 0.6 is 0 Å². The molecule has 1 N–H and O–H groups in total. The Labute approximate surface area is 111 Å². The van der Waals surface area contributed by atoms with Crippen molar-refractivity contribution >= 4 is 0 Å². The van der Waals surface area contributed by atoms with Crippen LogP contribution in [0.2, 0.25) is 0 Å². The third-order valence-corrected chi connectivity index (χ3v) is 3.92. The van der Waals surface area contributed by atoms with Gasteiger partial charge in [-0.1, -0.05) is 37.6 Å². The molecule has 1 aliphatic rings. The van der Waals surface area contributed by atoms with Crippen LogP contribution in [-0.2, 0) is 11.2 Å². The number of fused-ring (bicyclic) bond motifs is 1. The van der Waals surface area contributed by atoms with Crippen molar-refractivity contribution in [3.63, 3.8) is 0 Å². The Morgan fingerprint density at radius 3 is 2.94 bits per heavy atom. The van der Waals surface area contributed by atoms with Crippen molar-refractivity contribution in [3.05, 3.63) is 35.4 Å². The van der Waals surface area contributed by atoms with Crippen molar-refractivity contribution in [2.75, 3.05) is 13.7 Å². The average molecular weight is 247 g/mol. The van der Waals surface area contributed by atoms with Gasteiger partial charge in [0, 0.05) is 19.2 Å². The van der Waals surface area contributed by atoms with Gasteiger partial charge in [0.1, 0.15) is 0 Å². The predicted molar refractivity (Wildman–Crippen MR) is 75.8 cm³/mol. The summed E-state index contributed by atoms with van der Waals surface area (Å²) >= 11 is 0. The van der Waals surface area contributed by atoms with Gasteiger partial charge in [-0.3, -0.25) is 0 Å². The molecule has 0 bridgehead atoms. The highest BCUT2D eigenvalue weighted by Crippen LogP contribution is 2.29. The lowest BCUT2D eigenvalue weighted by Gasteiger charge is -2.25. The summed E-state index contributed by atoms with van der Waals surface area (Å²) in [6, 6.07) is 9.86. The normalized spacial score (nSPS) is 21.1. The molecule has 0 radical (unpaired) electrons. The molecule has 0 saturated heterocycles. The van der Waals surface area contributed by atoms with Crippen molar-refractivity contribution < 1.29 is 4.74 Å². The van der Waals surface area contributed by atoms with Crippen molar-refractivity contribution in [2.45, 2.75) is 51.1 Å². The molecular formula is C16H25NO. The predicted octanol–water partition coefficient (Wildman–Crippen LogP) is 3.47. The number of ether oxygens (including phenoxy) is 1. The standard InChI is InChI=1S/C16H25NO/c1-3-14(12-18-2)17-16-11-7-5-9-13-8-4-6-10-15(13)16/h4,6,8,10,14,16-17H,3,5,7,9,11-12H2,1-2H3. The van der Waals surface area contributed by atoms with Crippen molar-refractivity contribution in [3.8, 4) is 0 Å². The number of rotatable bonds is 5. The molecule has 2 rings (SSSR count). The maximum atomic E-state index is 5.29. The fraction of sp³-hybridized carbons (Fsp3) is 0.625. The molecule has 0 heterocycles. The highest BCUT2D eigenvalue weighted by atomic mass is 16.5. The number of hydrogen-bond donors (Lipinski definition) is 1. The fourth-order valence-corrected chi connectivity index (χ4v) is 2.86. The number of methoxy groups -OCH3 is 1. The van der Waals surface area contributed by atoms with Gasteiger partial charge in [0.2, 0.25) is 0 Å². The Bertz CT molecular complexity index is 364. The van der Waals surface area contributed by atoms with Gasteiger partial charge in [-0.05, 0) is 36.8 Å². The largest absolute Gasteiger partial charge is 0.383 e. The van der Waals surface area contributed by atoms with Crippen LogP contribution in [0.25, 0.3) is 0 Å². The zero-order chi connectivity index (χ0) is 12.8. The van der Waals surface area contributed by atoms with Gasteiger partial charge in [0.05, 0.1) is 6.61 Å². The second-order valence-electron chi connectivity index (χ2n) is 5.22. The lowest BCUT2D eigenvalue weighted by Crippen LogP contribution is -2.35. The molecule has 2 nitrogen and oxygen atoms in total. The van der Waals surface area contributed by atoms with E-state index >= 15 is 0 Å². The highest BCUT2D eigenvalue weighted by Gasteiger charge is 2.20. The van der Waals surface area contributed by atoms with Crippen LogP contribution < -0.4 is 5.32 Å². The molecule has 1 aromatic rings. The second kappa shape index (κ2) is 6.91. The topological polar surface area (TPSA) is 21.3 Å². The molecule has 2 unspecified atom stereocenters. The molecule has 2 heteroatoms. The summed E-state index contributed by atoms with van der Waals surface area (Å²) in [6.45, 7) is 3.02. The van der Waals surface area contributed by atoms with Crippen molar-refractivity contribution in [1.82, 2.24) is 5.32 Å². The van der Waals surface area contributed by atoms with Crippen LogP contribution in [0.1, 0.15) is 49.8 Å². The third-order valence-electron chi connectivity index (χ3n) is 3.92. The Hall–Kier alpha value is -0.860. The van der Waals surface area contributed by atoms with Crippen molar-refractivity contribution in [2.24, 2.45) is 0 Å². The molecule has 0 spiro atoms. The van der Waals surface area contributed by atoms with Crippen molar-refractivity contribution in [1.29, 1.82) is 0 Å². The molecule has 2 atom stereocenters. The number of nitrogens with one attached hydrogen (secondary N) is 1. The average Bonchev–Trinajstić information content (AvgIpc) is 2.61. The molecular weight excluding hydrogens is 222 g/mol. The van der Waals surface area contributed by atoms with Gasteiger partial charge in [0.15, 0.2) is 0 Å². The van der Waals surface area contributed by atoms with Crippen LogP contribution in [0.5, 0.6) is 0 Å². The molecule has 0 aliphatic heterocycles. The third kappa shape index (κ3) is 3.33. The van der Waals surface area contributed by atoms with E-state index in [-0.39, 0.29) is 0 Å². The maximum Gasteiger partial charge on any atom is 0.0615 e. The SMILES string of the molecule is CCC(COC)NC1CCCCc2ccccc21. The smallest absolute Gasteiger partial charge is 0.0615 e. The molecule has 1 aliphatic carbocycles. The van der Waals surface area contributed by atoms with E-state index in [1.54, 1.807) is 7.11 Å². The van der Waals surface area contributed by atoms with E-state index in [9.17, 15) is 0 Å². The second-order valence-corrected chi connectivity index (χ2v) is 5.22. The summed E-state index contributed by atoms with van der Waals surface area (Å²) in [5.41, 5.74) is 3.03. The molecule has 18 heavy (non-hydrogen) atoms. The fourth-order valence-electron chi connectivity index (χ4n) is 2.86. The quantitative estimate of drug-likeness (QED) is 0.804. The Morgan fingerprint density at radius 2 is 2.17 bits per heavy atom. The molecule has 0 aromatic heterocycles. The molecule has 1 aromatic carbocycles. The zero-order valence-corrected chi connectivity index (χ0v) is 11.6. The minimum absolute atomic E-state index is 0.464. The minimum Gasteiger partial charge on any atom is -0.383 e. The highest BCUT2D eigenvalue weighted by molar-refractivity contribution is 5.31. The molecule has 0 fully saturated rings. The number of aryl methyl sites for hydroxylation is 1. The summed E-state index contributed by atoms with van der Waals surface area (Å²) in [4.78, 5) is 0. The first kappa shape index (κ1) is 13.6. The summed E-state index contributed by atoms with van der Waals surface area (Å²) in [7, 11) is 1.78. The summed E-state index contributed by atoms with van der Waals surface area (Å²) in [5.74, 6) is 0. The number of hydrogen-bond acceptors (Lipinski definition) is 2. The Morgan fingerprint density at radius 1 is 1.33 bits per heavy atom. The summed E-state index contributed by atoms with van der Waals surface area (Å²) < 4.78 is 5.29. The van der Waals surface area contributed by atoms with E-state index in [1.807, 2.05) is 0 Å². The first-order valence-electron chi connectivity index (χ1n) is 7.18. The van der Waals surface area contributed by atoms with E-state index in [2.05, 4.69) is 36.5 Å². The van der Waals surface area contributed by atoms with Gasteiger partial charge in [0.25, 0.3) is 0 Å². The first-order valence-corrected chi connectivity index (χ1v) is 7.18. The summed E-state index contributed by atoms with van der Waals surface area (Å²) in [6.07, 6.45) is 6.23. The van der Waals surface area contributed by atoms with Crippen LogP contribution in [-0.4, -0.2) is 19.8 Å². The van der Waals surface area contributed by atoms with Crippen LogP contribution in [0.4, 0.5) is 0 Å². The van der Waals surface area contributed by atoms with E-state index in [1.165, 1.54) is 36.8 Å². The van der Waals surface area contributed by atoms with Crippen LogP contribution in [0.3, 0.4) is 0 Å². The monoisotopic (exact) mass is 247 g/mol. The van der Waals surface area contributed by atoms with E-state index < -0.39 is 0 Å². The van der Waals surface area contributed by atoms with E-state index in [0.717, 1.165) is 13.0 Å². The van der Waals surface area contributed by atoms with Gasteiger partial charge >= 0.3 is 0 Å². The Kier molecular flexibility index (Phi) is 5.21. The molecule has 100 valence electrons. The first-order chi connectivity index (χ1) is 8.85. The number of benzene rings is 1. The van der Waals surface area contributed by atoms with Crippen LogP contribution in [0.15, 0.2) is 24.3 Å². The molecule has 0 saturated carbocycles. The van der Waals surface area contributed by atoms with Gasteiger partial charge in [-0.15, -0.1) is 0 Å². The zero-order valence-electron chi connectivity index (χ0n) is 11.6.